The van der Waals surface area contributed by atoms with Crippen molar-refractivity contribution in [2.75, 3.05) is 19.7 Å². The second-order valence-corrected chi connectivity index (χ2v) is 5.05. The third-order valence-electron chi connectivity index (χ3n) is 2.52. The molecule has 1 saturated heterocycles. The van der Waals surface area contributed by atoms with Gasteiger partial charge in [-0.1, -0.05) is 0 Å². The van der Waals surface area contributed by atoms with E-state index in [4.69, 9.17) is 15.2 Å². The molecular formula is C11H22N2O3. The van der Waals surface area contributed by atoms with Gasteiger partial charge >= 0.3 is 6.09 Å². The van der Waals surface area contributed by atoms with Gasteiger partial charge in [0.25, 0.3) is 0 Å². The van der Waals surface area contributed by atoms with Crippen molar-refractivity contribution in [3.05, 3.63) is 0 Å². The highest BCUT2D eigenvalue weighted by atomic mass is 16.6. The number of carbonyl (C=O) groups excluding carboxylic acids is 1. The third kappa shape index (κ3) is 3.35. The lowest BCUT2D eigenvalue weighted by Crippen LogP contribution is -2.56. The van der Waals surface area contributed by atoms with E-state index in [9.17, 15) is 4.79 Å². The van der Waals surface area contributed by atoms with E-state index >= 15 is 0 Å². The fourth-order valence-electron chi connectivity index (χ4n) is 1.73. The van der Waals surface area contributed by atoms with Crippen molar-refractivity contribution >= 4 is 6.09 Å². The molecule has 1 amide bonds. The molecule has 1 fully saturated rings. The number of carbonyl (C=O) groups is 1. The Morgan fingerprint density at radius 1 is 1.56 bits per heavy atom. The fraction of sp³-hybridized carbons (Fsp3) is 0.909. The number of ether oxygens (including phenoxy) is 2. The van der Waals surface area contributed by atoms with Gasteiger partial charge in [0.1, 0.15) is 5.60 Å². The molecule has 0 unspecified atom stereocenters. The van der Waals surface area contributed by atoms with Crippen molar-refractivity contribution in [3.8, 4) is 0 Å². The summed E-state index contributed by atoms with van der Waals surface area (Å²) >= 11 is 0. The Labute approximate surface area is 96.9 Å². The van der Waals surface area contributed by atoms with Crippen LogP contribution in [0.5, 0.6) is 0 Å². The molecule has 0 saturated carbocycles. The second-order valence-electron chi connectivity index (χ2n) is 5.05. The van der Waals surface area contributed by atoms with Crippen LogP contribution in [0.1, 0.15) is 27.7 Å². The summed E-state index contributed by atoms with van der Waals surface area (Å²) in [6.07, 6.45) is -0.343. The van der Waals surface area contributed by atoms with Crippen LogP contribution in [0.3, 0.4) is 0 Å². The lowest BCUT2D eigenvalue weighted by atomic mass is 10.1. The van der Waals surface area contributed by atoms with Crippen LogP contribution in [0.15, 0.2) is 0 Å². The van der Waals surface area contributed by atoms with Crippen LogP contribution < -0.4 is 5.73 Å². The molecule has 1 rings (SSSR count). The van der Waals surface area contributed by atoms with Crippen LogP contribution in [-0.4, -0.2) is 48.4 Å². The average molecular weight is 230 g/mol. The first-order valence-electron chi connectivity index (χ1n) is 5.66. The van der Waals surface area contributed by atoms with Crippen LogP contribution in [-0.2, 0) is 9.47 Å². The minimum absolute atomic E-state index is 0.0359. The molecule has 94 valence electrons. The van der Waals surface area contributed by atoms with E-state index in [2.05, 4.69) is 0 Å². The molecule has 0 aromatic carbocycles. The predicted octanol–water partition coefficient (Wildman–Crippen LogP) is 0.970. The van der Waals surface area contributed by atoms with E-state index in [-0.39, 0.29) is 18.2 Å². The van der Waals surface area contributed by atoms with Crippen molar-refractivity contribution in [2.45, 2.75) is 45.4 Å². The maximum absolute atomic E-state index is 11.9. The fourth-order valence-corrected chi connectivity index (χ4v) is 1.73. The van der Waals surface area contributed by atoms with Gasteiger partial charge in [0.15, 0.2) is 0 Å². The van der Waals surface area contributed by atoms with E-state index in [0.717, 1.165) is 0 Å². The average Bonchev–Trinajstić information content (AvgIpc) is 2.14. The Morgan fingerprint density at radius 2 is 2.19 bits per heavy atom. The van der Waals surface area contributed by atoms with Crippen molar-refractivity contribution in [2.24, 2.45) is 5.73 Å². The van der Waals surface area contributed by atoms with Crippen LogP contribution in [0.2, 0.25) is 0 Å². The molecule has 16 heavy (non-hydrogen) atoms. The summed E-state index contributed by atoms with van der Waals surface area (Å²) in [5, 5.41) is 0. The highest BCUT2D eigenvalue weighted by Crippen LogP contribution is 2.17. The number of amides is 1. The zero-order chi connectivity index (χ0) is 12.3. The van der Waals surface area contributed by atoms with Gasteiger partial charge in [-0.3, -0.25) is 4.90 Å². The minimum Gasteiger partial charge on any atom is -0.444 e. The van der Waals surface area contributed by atoms with E-state index in [1.165, 1.54) is 0 Å². The molecule has 2 N–H and O–H groups in total. The summed E-state index contributed by atoms with van der Waals surface area (Å²) in [7, 11) is 0. The summed E-state index contributed by atoms with van der Waals surface area (Å²) in [4.78, 5) is 13.6. The number of hydrogen-bond acceptors (Lipinski definition) is 4. The molecule has 1 aliphatic heterocycles. The summed E-state index contributed by atoms with van der Waals surface area (Å²) in [5.41, 5.74) is 5.18. The topological polar surface area (TPSA) is 64.8 Å². The normalized spacial score (nSPS) is 26.7. The van der Waals surface area contributed by atoms with Crippen molar-refractivity contribution in [1.82, 2.24) is 4.90 Å². The quantitative estimate of drug-likeness (QED) is 0.729. The molecule has 0 aromatic heterocycles. The molecule has 5 heteroatoms. The predicted molar refractivity (Wildman–Crippen MR) is 61.2 cm³/mol. The highest BCUT2D eigenvalue weighted by molar-refractivity contribution is 5.68. The van der Waals surface area contributed by atoms with Crippen LogP contribution in [0, 0.1) is 0 Å². The number of rotatable bonds is 1. The van der Waals surface area contributed by atoms with Gasteiger partial charge in [-0.05, 0) is 27.7 Å². The first-order chi connectivity index (χ1) is 7.35. The molecule has 5 nitrogen and oxygen atoms in total. The van der Waals surface area contributed by atoms with E-state index in [1.54, 1.807) is 4.90 Å². The van der Waals surface area contributed by atoms with E-state index in [1.807, 2.05) is 27.7 Å². The van der Waals surface area contributed by atoms with Crippen LogP contribution in [0.25, 0.3) is 0 Å². The summed E-state index contributed by atoms with van der Waals surface area (Å²) in [6.45, 7) is 8.96. The molecular weight excluding hydrogens is 208 g/mol. The van der Waals surface area contributed by atoms with Gasteiger partial charge in [-0.15, -0.1) is 0 Å². The Morgan fingerprint density at radius 3 is 2.69 bits per heavy atom. The molecule has 2 atom stereocenters. The van der Waals surface area contributed by atoms with E-state index in [0.29, 0.717) is 19.7 Å². The number of nitrogens with zero attached hydrogens (tertiary/aromatic N) is 1. The standard InChI is InChI=1S/C11H22N2O3/c1-8-9(7-12)13(5-6-15-8)10(14)16-11(2,3)4/h8-9H,5-7,12H2,1-4H3/t8-,9-/m1/s1. The second kappa shape index (κ2) is 5.01. The summed E-state index contributed by atoms with van der Waals surface area (Å²) in [6, 6.07) is -0.0939. The smallest absolute Gasteiger partial charge is 0.410 e. The van der Waals surface area contributed by atoms with Gasteiger partial charge in [-0.25, -0.2) is 4.79 Å². The minimum atomic E-state index is -0.474. The van der Waals surface area contributed by atoms with Crippen molar-refractivity contribution in [3.63, 3.8) is 0 Å². The molecule has 0 spiro atoms. The van der Waals surface area contributed by atoms with Crippen LogP contribution >= 0.6 is 0 Å². The summed E-state index contributed by atoms with van der Waals surface area (Å²) < 4.78 is 10.8. The van der Waals surface area contributed by atoms with Crippen molar-refractivity contribution in [1.29, 1.82) is 0 Å². The first-order valence-corrected chi connectivity index (χ1v) is 5.66. The molecule has 0 radical (unpaired) electrons. The Hall–Kier alpha value is -0.810. The van der Waals surface area contributed by atoms with Gasteiger partial charge in [-0.2, -0.15) is 0 Å². The zero-order valence-electron chi connectivity index (χ0n) is 10.5. The third-order valence-corrected chi connectivity index (χ3v) is 2.52. The van der Waals surface area contributed by atoms with Crippen molar-refractivity contribution < 1.29 is 14.3 Å². The molecule has 0 aromatic rings. The maximum atomic E-state index is 11.9. The molecule has 1 aliphatic rings. The van der Waals surface area contributed by atoms with Crippen LogP contribution in [0.4, 0.5) is 4.79 Å². The lowest BCUT2D eigenvalue weighted by molar-refractivity contribution is -0.0656. The van der Waals surface area contributed by atoms with Gasteiger partial charge in [0.05, 0.1) is 18.8 Å². The Balaban J connectivity index is 2.66. The number of morpholine rings is 1. The van der Waals surface area contributed by atoms with Gasteiger partial charge in [0.2, 0.25) is 0 Å². The Bertz CT molecular complexity index is 250. The maximum Gasteiger partial charge on any atom is 0.410 e. The highest BCUT2D eigenvalue weighted by Gasteiger charge is 2.34. The number of nitrogens with two attached hydrogens (primary N) is 1. The monoisotopic (exact) mass is 230 g/mol. The van der Waals surface area contributed by atoms with E-state index < -0.39 is 5.60 Å². The Kier molecular flexibility index (Phi) is 4.15. The number of hydrogen-bond donors (Lipinski definition) is 1. The SMILES string of the molecule is C[C@H]1OCCN(C(=O)OC(C)(C)C)[C@@H]1CN. The molecule has 1 heterocycles. The molecule has 0 bridgehead atoms. The lowest BCUT2D eigenvalue weighted by Gasteiger charge is -2.39. The molecule has 0 aliphatic carbocycles. The summed E-state index contributed by atoms with van der Waals surface area (Å²) in [5.74, 6) is 0. The zero-order valence-corrected chi connectivity index (χ0v) is 10.5. The largest absolute Gasteiger partial charge is 0.444 e. The van der Waals surface area contributed by atoms with Gasteiger partial charge < -0.3 is 15.2 Å². The first kappa shape index (κ1) is 13.3. The van der Waals surface area contributed by atoms with Gasteiger partial charge in [0, 0.05) is 13.1 Å².